The normalized spacial score (nSPS) is 10.1. The molecule has 1 heterocycles. The molecule has 1 aromatic carbocycles. The van der Waals surface area contributed by atoms with E-state index in [1.807, 2.05) is 0 Å². The van der Waals surface area contributed by atoms with E-state index in [1.54, 1.807) is 6.07 Å². The van der Waals surface area contributed by atoms with Crippen molar-refractivity contribution in [2.75, 3.05) is 0 Å². The molecule has 1 N–H and O–H groups in total. The van der Waals surface area contributed by atoms with E-state index < -0.39 is 22.5 Å². The van der Waals surface area contributed by atoms with E-state index in [-0.39, 0.29) is 23.5 Å². The molecule has 2 aromatic rings. The Morgan fingerprint density at radius 1 is 1.43 bits per heavy atom. The van der Waals surface area contributed by atoms with Crippen LogP contribution in [0.1, 0.15) is 15.9 Å². The van der Waals surface area contributed by atoms with Crippen LogP contribution < -0.4 is 4.74 Å². The Kier molecular flexibility index (Phi) is 4.07. The summed E-state index contributed by atoms with van der Waals surface area (Å²) >= 11 is 0. The number of nitro groups is 1. The van der Waals surface area contributed by atoms with Crippen LogP contribution in [-0.4, -0.2) is 21.0 Å². The number of hydrogen-bond acceptors (Lipinski definition) is 5. The van der Waals surface area contributed by atoms with Crippen molar-refractivity contribution >= 4 is 11.8 Å². The maximum atomic E-state index is 13.4. The Morgan fingerprint density at radius 2 is 2.14 bits per heavy atom. The number of aromatic carboxylic acids is 1. The lowest BCUT2D eigenvalue weighted by molar-refractivity contribution is -0.390. The highest BCUT2D eigenvalue weighted by Crippen LogP contribution is 2.26. The van der Waals surface area contributed by atoms with Crippen LogP contribution >= 0.6 is 0 Å². The highest BCUT2D eigenvalue weighted by Gasteiger charge is 2.20. The molecule has 21 heavy (non-hydrogen) atoms. The predicted molar refractivity (Wildman–Crippen MR) is 68.6 cm³/mol. The van der Waals surface area contributed by atoms with E-state index in [2.05, 4.69) is 4.98 Å². The third kappa shape index (κ3) is 3.30. The second-order valence-electron chi connectivity index (χ2n) is 3.99. The maximum Gasteiger partial charge on any atom is 0.406 e. The van der Waals surface area contributed by atoms with E-state index in [1.165, 1.54) is 18.2 Å². The number of carbonyl (C=O) groups is 1. The van der Waals surface area contributed by atoms with E-state index >= 15 is 0 Å². The van der Waals surface area contributed by atoms with Gasteiger partial charge in [0.1, 0.15) is 18.0 Å². The van der Waals surface area contributed by atoms with Crippen molar-refractivity contribution in [1.82, 2.24) is 4.98 Å². The number of carboxylic acid groups (broad SMARTS) is 1. The molecule has 8 heteroatoms. The fraction of sp³-hybridized carbons (Fsp3) is 0.0769. The van der Waals surface area contributed by atoms with Crippen LogP contribution in [0.4, 0.5) is 10.2 Å². The van der Waals surface area contributed by atoms with Gasteiger partial charge in [0.15, 0.2) is 6.20 Å². The summed E-state index contributed by atoms with van der Waals surface area (Å²) < 4.78 is 18.6. The summed E-state index contributed by atoms with van der Waals surface area (Å²) in [5, 5.41) is 19.7. The molecule has 0 atom stereocenters. The smallest absolute Gasteiger partial charge is 0.406 e. The van der Waals surface area contributed by atoms with Gasteiger partial charge in [0.2, 0.25) is 5.75 Å². The molecule has 0 bridgehead atoms. The zero-order valence-electron chi connectivity index (χ0n) is 10.5. The molecular formula is C13H9FN2O5. The molecule has 0 amide bonds. The molecule has 7 nitrogen and oxygen atoms in total. The van der Waals surface area contributed by atoms with Gasteiger partial charge in [-0.25, -0.2) is 9.18 Å². The molecule has 108 valence electrons. The average molecular weight is 292 g/mol. The largest absolute Gasteiger partial charge is 0.481 e. The van der Waals surface area contributed by atoms with Crippen molar-refractivity contribution in [3.8, 4) is 5.75 Å². The van der Waals surface area contributed by atoms with Crippen LogP contribution in [0.5, 0.6) is 5.75 Å². The molecule has 0 aliphatic carbocycles. The summed E-state index contributed by atoms with van der Waals surface area (Å²) in [7, 11) is 0. The Bertz CT molecular complexity index is 705. The van der Waals surface area contributed by atoms with Gasteiger partial charge in [-0.05, 0) is 16.0 Å². The summed E-state index contributed by atoms with van der Waals surface area (Å²) in [6.45, 7) is -0.279. The number of aromatic nitrogens is 1. The number of ether oxygens (including phenoxy) is 1. The van der Waals surface area contributed by atoms with Crippen LogP contribution in [0.3, 0.4) is 0 Å². The Morgan fingerprint density at radius 3 is 2.76 bits per heavy atom. The minimum Gasteiger partial charge on any atom is -0.481 e. The summed E-state index contributed by atoms with van der Waals surface area (Å²) in [5.74, 6) is -2.78. The van der Waals surface area contributed by atoms with Gasteiger partial charge in [0.25, 0.3) is 0 Å². The van der Waals surface area contributed by atoms with Crippen LogP contribution in [0.15, 0.2) is 36.5 Å². The summed E-state index contributed by atoms with van der Waals surface area (Å²) in [5.41, 5.74) is -0.0725. The van der Waals surface area contributed by atoms with E-state index in [0.29, 0.717) is 0 Å². The van der Waals surface area contributed by atoms with Crippen LogP contribution in [0.2, 0.25) is 0 Å². The molecule has 0 saturated carbocycles. The highest BCUT2D eigenvalue weighted by atomic mass is 19.1. The quantitative estimate of drug-likeness (QED) is 0.670. The lowest BCUT2D eigenvalue weighted by atomic mass is 10.2. The monoisotopic (exact) mass is 292 g/mol. The number of hydrogen-bond donors (Lipinski definition) is 1. The SMILES string of the molecule is O=C(O)c1cnc([N+](=O)[O-])c(OCc2ccccc2F)c1. The van der Waals surface area contributed by atoms with Crippen LogP contribution in [0, 0.1) is 15.9 Å². The molecule has 0 unspecified atom stereocenters. The van der Waals surface area contributed by atoms with Crippen molar-refractivity contribution in [3.05, 3.63) is 63.6 Å². The van der Waals surface area contributed by atoms with Gasteiger partial charge >= 0.3 is 11.8 Å². The molecule has 0 aliphatic rings. The Labute approximate surface area is 117 Å². The van der Waals surface area contributed by atoms with E-state index in [9.17, 15) is 19.3 Å². The zero-order valence-corrected chi connectivity index (χ0v) is 10.5. The van der Waals surface area contributed by atoms with Gasteiger partial charge in [-0.15, -0.1) is 0 Å². The van der Waals surface area contributed by atoms with Crippen molar-refractivity contribution < 1.29 is 24.0 Å². The van der Waals surface area contributed by atoms with Gasteiger partial charge in [0.05, 0.1) is 0 Å². The van der Waals surface area contributed by atoms with Gasteiger partial charge in [-0.3, -0.25) is 0 Å². The first-order valence-electron chi connectivity index (χ1n) is 5.73. The standard InChI is InChI=1S/C13H9FN2O5/c14-10-4-2-1-3-8(10)7-21-11-5-9(13(17)18)6-15-12(11)16(19)20/h1-6H,7H2,(H,17,18). The van der Waals surface area contributed by atoms with Crippen molar-refractivity contribution in [2.45, 2.75) is 6.61 Å². The first-order valence-corrected chi connectivity index (χ1v) is 5.73. The molecule has 2 rings (SSSR count). The first-order chi connectivity index (χ1) is 9.99. The molecular weight excluding hydrogens is 283 g/mol. The topological polar surface area (TPSA) is 103 Å². The van der Waals surface area contributed by atoms with Crippen LogP contribution in [0.25, 0.3) is 0 Å². The second kappa shape index (κ2) is 5.95. The summed E-state index contributed by atoms with van der Waals surface area (Å²) in [6.07, 6.45) is 0.858. The first kappa shape index (κ1) is 14.4. The van der Waals surface area contributed by atoms with Crippen molar-refractivity contribution in [2.24, 2.45) is 0 Å². The number of rotatable bonds is 5. The van der Waals surface area contributed by atoms with Crippen molar-refractivity contribution in [3.63, 3.8) is 0 Å². The summed E-state index contributed by atoms with van der Waals surface area (Å²) in [4.78, 5) is 24.3. The van der Waals surface area contributed by atoms with Crippen LogP contribution in [-0.2, 0) is 6.61 Å². The van der Waals surface area contributed by atoms with Crippen molar-refractivity contribution in [1.29, 1.82) is 0 Å². The molecule has 1 aromatic heterocycles. The molecule has 0 radical (unpaired) electrons. The fourth-order valence-electron chi connectivity index (χ4n) is 1.57. The lowest BCUT2D eigenvalue weighted by Gasteiger charge is -2.07. The number of pyridine rings is 1. The van der Waals surface area contributed by atoms with Gasteiger partial charge < -0.3 is 20.0 Å². The fourth-order valence-corrected chi connectivity index (χ4v) is 1.57. The number of halogens is 1. The molecule has 0 spiro atoms. The molecule has 0 fully saturated rings. The number of carboxylic acids is 1. The maximum absolute atomic E-state index is 13.4. The third-order valence-corrected chi connectivity index (χ3v) is 2.59. The minimum absolute atomic E-state index is 0.188. The number of nitrogens with zero attached hydrogens (tertiary/aromatic N) is 2. The summed E-state index contributed by atoms with van der Waals surface area (Å²) in [6, 6.07) is 6.74. The van der Waals surface area contributed by atoms with Gasteiger partial charge in [-0.1, -0.05) is 18.2 Å². The highest BCUT2D eigenvalue weighted by molar-refractivity contribution is 5.88. The lowest BCUT2D eigenvalue weighted by Crippen LogP contribution is -2.05. The van der Waals surface area contributed by atoms with E-state index in [4.69, 9.17) is 9.84 Å². The Hall–Kier alpha value is -3.03. The minimum atomic E-state index is -1.30. The number of benzene rings is 1. The molecule has 0 saturated heterocycles. The second-order valence-corrected chi connectivity index (χ2v) is 3.99. The predicted octanol–water partition coefficient (Wildman–Crippen LogP) is 2.41. The van der Waals surface area contributed by atoms with Gasteiger partial charge in [-0.2, -0.15) is 0 Å². The van der Waals surface area contributed by atoms with E-state index in [0.717, 1.165) is 12.3 Å². The average Bonchev–Trinajstić information content (AvgIpc) is 2.46. The van der Waals surface area contributed by atoms with Gasteiger partial charge in [0, 0.05) is 11.6 Å². The molecule has 0 aliphatic heterocycles. The Balaban J connectivity index is 2.29. The zero-order chi connectivity index (χ0) is 15.4. The third-order valence-electron chi connectivity index (χ3n) is 2.59.